The van der Waals surface area contributed by atoms with E-state index in [1.54, 1.807) is 16.9 Å². The van der Waals surface area contributed by atoms with Gasteiger partial charge in [-0.2, -0.15) is 10.1 Å². The van der Waals surface area contributed by atoms with Crippen molar-refractivity contribution in [3.63, 3.8) is 0 Å². The van der Waals surface area contributed by atoms with Crippen LogP contribution in [0.1, 0.15) is 5.69 Å². The number of rotatable bonds is 2. The van der Waals surface area contributed by atoms with Crippen molar-refractivity contribution in [2.75, 3.05) is 7.11 Å². The Bertz CT molecular complexity index is 438. The van der Waals surface area contributed by atoms with Crippen LogP contribution in [0.25, 0.3) is 5.82 Å². The second kappa shape index (κ2) is 3.45. The minimum atomic E-state index is 0.343. The van der Waals surface area contributed by atoms with Crippen LogP contribution < -0.4 is 4.74 Å². The summed E-state index contributed by atoms with van der Waals surface area (Å²) in [5, 5.41) is 4.23. The number of methoxy groups -OCH3 is 1. The number of ether oxygens (including phenoxy) is 1. The quantitative estimate of drug-likeness (QED) is 0.708. The van der Waals surface area contributed by atoms with Gasteiger partial charge in [0.1, 0.15) is 0 Å². The summed E-state index contributed by atoms with van der Waals surface area (Å²) >= 11 is 0. The van der Waals surface area contributed by atoms with Crippen molar-refractivity contribution in [3.8, 4) is 11.8 Å². The van der Waals surface area contributed by atoms with Crippen LogP contribution in [0.15, 0.2) is 24.5 Å². The Kier molecular flexibility index (Phi) is 2.14. The van der Waals surface area contributed by atoms with Crippen LogP contribution in [0.4, 0.5) is 0 Å². The van der Waals surface area contributed by atoms with E-state index in [0.717, 1.165) is 5.69 Å². The third kappa shape index (κ3) is 1.56. The summed E-state index contributed by atoms with van der Waals surface area (Å²) in [5.41, 5.74) is 0.947. The van der Waals surface area contributed by atoms with Crippen molar-refractivity contribution in [3.05, 3.63) is 30.2 Å². The second-order valence-corrected chi connectivity index (χ2v) is 2.80. The smallest absolute Gasteiger partial charge is 0.318 e. The fourth-order valence-electron chi connectivity index (χ4n) is 1.10. The van der Waals surface area contributed by atoms with E-state index >= 15 is 0 Å². The van der Waals surface area contributed by atoms with Gasteiger partial charge in [-0.05, 0) is 13.0 Å². The molecule has 0 aliphatic carbocycles. The van der Waals surface area contributed by atoms with Gasteiger partial charge in [-0.1, -0.05) is 0 Å². The summed E-state index contributed by atoms with van der Waals surface area (Å²) in [6.45, 7) is 1.93. The van der Waals surface area contributed by atoms with Crippen LogP contribution in [-0.4, -0.2) is 26.9 Å². The largest absolute Gasteiger partial charge is 0.467 e. The van der Waals surface area contributed by atoms with Gasteiger partial charge in [-0.3, -0.25) is 0 Å². The molecular weight excluding hydrogens is 180 g/mol. The topological polar surface area (TPSA) is 52.8 Å². The van der Waals surface area contributed by atoms with Crippen LogP contribution in [0, 0.1) is 6.92 Å². The fourth-order valence-corrected chi connectivity index (χ4v) is 1.10. The first kappa shape index (κ1) is 8.68. The maximum atomic E-state index is 4.92. The first-order valence-corrected chi connectivity index (χ1v) is 4.19. The van der Waals surface area contributed by atoms with Gasteiger partial charge in [0.05, 0.1) is 12.8 Å². The Morgan fingerprint density at radius 2 is 2.21 bits per heavy atom. The number of hydrogen-bond acceptors (Lipinski definition) is 4. The Labute approximate surface area is 81.4 Å². The van der Waals surface area contributed by atoms with Crippen molar-refractivity contribution in [2.24, 2.45) is 0 Å². The van der Waals surface area contributed by atoms with Gasteiger partial charge in [0.2, 0.25) is 0 Å². The lowest BCUT2D eigenvalue weighted by Crippen LogP contribution is -2.01. The molecule has 5 nitrogen and oxygen atoms in total. The molecule has 0 saturated carbocycles. The standard InChI is InChI=1S/C9H10N4O/c1-7-4-6-13(12-7)8-3-5-10-9(11-8)14-2/h3-6H,1-2H3. The average molecular weight is 190 g/mol. The lowest BCUT2D eigenvalue weighted by atomic mass is 10.5. The Morgan fingerprint density at radius 1 is 1.36 bits per heavy atom. The SMILES string of the molecule is COc1nccc(-n2ccc(C)n2)n1. The van der Waals surface area contributed by atoms with Crippen molar-refractivity contribution < 1.29 is 4.74 Å². The van der Waals surface area contributed by atoms with Gasteiger partial charge in [-0.15, -0.1) is 0 Å². The highest BCUT2D eigenvalue weighted by molar-refractivity contribution is 5.21. The summed E-state index contributed by atoms with van der Waals surface area (Å²) in [4.78, 5) is 8.06. The molecule has 2 rings (SSSR count). The van der Waals surface area contributed by atoms with Crippen LogP contribution in [-0.2, 0) is 0 Å². The third-order valence-corrected chi connectivity index (χ3v) is 1.76. The number of aromatic nitrogens is 4. The number of aryl methyl sites for hydroxylation is 1. The number of nitrogens with zero attached hydrogens (tertiary/aromatic N) is 4. The Hall–Kier alpha value is -1.91. The van der Waals surface area contributed by atoms with Crippen LogP contribution in [0.5, 0.6) is 6.01 Å². The van der Waals surface area contributed by atoms with Crippen molar-refractivity contribution in [1.82, 2.24) is 19.7 Å². The van der Waals surface area contributed by atoms with Crippen LogP contribution in [0.3, 0.4) is 0 Å². The molecule has 0 amide bonds. The summed E-state index contributed by atoms with van der Waals surface area (Å²) in [6.07, 6.45) is 3.48. The second-order valence-electron chi connectivity index (χ2n) is 2.80. The molecule has 5 heteroatoms. The predicted molar refractivity (Wildman–Crippen MR) is 50.4 cm³/mol. The maximum absolute atomic E-state index is 4.92. The number of hydrogen-bond donors (Lipinski definition) is 0. The molecule has 0 N–H and O–H groups in total. The summed E-state index contributed by atoms with van der Waals surface area (Å²) in [7, 11) is 1.54. The molecule has 14 heavy (non-hydrogen) atoms. The van der Waals surface area contributed by atoms with E-state index in [-0.39, 0.29) is 0 Å². The summed E-state index contributed by atoms with van der Waals surface area (Å²) in [5.74, 6) is 0.699. The molecule has 0 aromatic carbocycles. The molecule has 0 radical (unpaired) electrons. The van der Waals surface area contributed by atoms with Crippen molar-refractivity contribution in [2.45, 2.75) is 6.92 Å². The lowest BCUT2D eigenvalue weighted by Gasteiger charge is -2.01. The van der Waals surface area contributed by atoms with E-state index < -0.39 is 0 Å². The summed E-state index contributed by atoms with van der Waals surface area (Å²) in [6, 6.07) is 4.03. The molecule has 0 aliphatic rings. The third-order valence-electron chi connectivity index (χ3n) is 1.76. The summed E-state index contributed by atoms with van der Waals surface area (Å²) < 4.78 is 6.60. The average Bonchev–Trinajstić information content (AvgIpc) is 2.65. The zero-order chi connectivity index (χ0) is 9.97. The van der Waals surface area contributed by atoms with Crippen LogP contribution >= 0.6 is 0 Å². The van der Waals surface area contributed by atoms with Gasteiger partial charge in [0, 0.05) is 18.5 Å². The molecule has 2 heterocycles. The van der Waals surface area contributed by atoms with E-state index in [4.69, 9.17) is 4.74 Å². The highest BCUT2D eigenvalue weighted by Gasteiger charge is 2.01. The minimum Gasteiger partial charge on any atom is -0.467 e. The first-order chi connectivity index (χ1) is 6.79. The first-order valence-electron chi connectivity index (χ1n) is 4.19. The van der Waals surface area contributed by atoms with Crippen molar-refractivity contribution >= 4 is 0 Å². The van der Waals surface area contributed by atoms with Gasteiger partial charge >= 0.3 is 6.01 Å². The van der Waals surface area contributed by atoms with Crippen LogP contribution in [0.2, 0.25) is 0 Å². The normalized spacial score (nSPS) is 10.1. The van der Waals surface area contributed by atoms with Gasteiger partial charge < -0.3 is 4.74 Å². The van der Waals surface area contributed by atoms with Gasteiger partial charge in [0.15, 0.2) is 5.82 Å². The molecule has 2 aromatic rings. The lowest BCUT2D eigenvalue weighted by molar-refractivity contribution is 0.378. The molecule has 0 atom stereocenters. The molecule has 0 aliphatic heterocycles. The maximum Gasteiger partial charge on any atom is 0.318 e. The highest BCUT2D eigenvalue weighted by atomic mass is 16.5. The van der Waals surface area contributed by atoms with E-state index in [2.05, 4.69) is 15.1 Å². The highest BCUT2D eigenvalue weighted by Crippen LogP contribution is 2.07. The minimum absolute atomic E-state index is 0.343. The Balaban J connectivity index is 2.41. The van der Waals surface area contributed by atoms with E-state index in [0.29, 0.717) is 11.8 Å². The van der Waals surface area contributed by atoms with Crippen molar-refractivity contribution in [1.29, 1.82) is 0 Å². The molecule has 0 bridgehead atoms. The monoisotopic (exact) mass is 190 g/mol. The Morgan fingerprint density at radius 3 is 2.86 bits per heavy atom. The molecule has 0 saturated heterocycles. The zero-order valence-corrected chi connectivity index (χ0v) is 8.01. The van der Waals surface area contributed by atoms with E-state index in [1.807, 2.05) is 19.2 Å². The molecular formula is C9H10N4O. The van der Waals surface area contributed by atoms with Gasteiger partial charge in [-0.25, -0.2) is 9.67 Å². The molecule has 2 aromatic heterocycles. The molecule has 0 unspecified atom stereocenters. The fraction of sp³-hybridized carbons (Fsp3) is 0.222. The zero-order valence-electron chi connectivity index (χ0n) is 8.01. The van der Waals surface area contributed by atoms with E-state index in [1.165, 1.54) is 7.11 Å². The molecule has 0 fully saturated rings. The van der Waals surface area contributed by atoms with Gasteiger partial charge in [0.25, 0.3) is 0 Å². The predicted octanol–water partition coefficient (Wildman–Crippen LogP) is 0.979. The molecule has 72 valence electrons. The molecule has 0 spiro atoms. The van der Waals surface area contributed by atoms with E-state index in [9.17, 15) is 0 Å².